The lowest BCUT2D eigenvalue weighted by atomic mass is 10.1. The summed E-state index contributed by atoms with van der Waals surface area (Å²) >= 11 is 0. The van der Waals surface area contributed by atoms with Crippen molar-refractivity contribution in [1.82, 2.24) is 0 Å². The van der Waals surface area contributed by atoms with Crippen molar-refractivity contribution in [2.45, 2.75) is 26.4 Å². The predicted molar refractivity (Wildman–Crippen MR) is 60.8 cm³/mol. The van der Waals surface area contributed by atoms with E-state index in [0.29, 0.717) is 0 Å². The number of carbonyl (C=O) groups excluding carboxylic acids is 1. The van der Waals surface area contributed by atoms with E-state index in [9.17, 15) is 18.0 Å². The fourth-order valence-electron chi connectivity index (χ4n) is 1.30. The number of ether oxygens (including phenoxy) is 1. The number of hydrogen-bond donors (Lipinski definition) is 0. The minimum atomic E-state index is -4.66. The van der Waals surface area contributed by atoms with E-state index in [-0.39, 0.29) is 6.42 Å². The zero-order chi connectivity index (χ0) is 13.8. The lowest BCUT2D eigenvalue weighted by Gasteiger charge is -2.10. The minimum absolute atomic E-state index is 0.0579. The number of halogens is 3. The quantitative estimate of drug-likeness (QED) is 0.612. The van der Waals surface area contributed by atoms with Crippen LogP contribution in [0.2, 0.25) is 0 Å². The Morgan fingerprint density at radius 3 is 2.28 bits per heavy atom. The van der Waals surface area contributed by atoms with Crippen LogP contribution >= 0.6 is 0 Å². The zero-order valence-electron chi connectivity index (χ0n) is 10.0. The van der Waals surface area contributed by atoms with Gasteiger partial charge in [0, 0.05) is 6.92 Å². The van der Waals surface area contributed by atoms with E-state index in [1.54, 1.807) is 12.1 Å². The molecule has 1 aromatic carbocycles. The number of esters is 1. The minimum Gasteiger partial charge on any atom is -0.422 e. The molecule has 0 unspecified atom stereocenters. The van der Waals surface area contributed by atoms with Gasteiger partial charge in [-0.2, -0.15) is 13.2 Å². The molecule has 0 atom stereocenters. The van der Waals surface area contributed by atoms with E-state index in [1.165, 1.54) is 0 Å². The van der Waals surface area contributed by atoms with E-state index < -0.39 is 17.9 Å². The standard InChI is InChI=1S/C13H13F3O2/c1-9-3-5-11(6-4-9)7-8-12(13(14,15)16)18-10(2)17/h3-6,8H,7H2,1-2H3. The summed E-state index contributed by atoms with van der Waals surface area (Å²) in [4.78, 5) is 10.6. The van der Waals surface area contributed by atoms with Gasteiger partial charge in [-0.3, -0.25) is 4.79 Å². The van der Waals surface area contributed by atoms with Crippen molar-refractivity contribution in [3.8, 4) is 0 Å². The van der Waals surface area contributed by atoms with Crippen LogP contribution in [-0.2, 0) is 16.0 Å². The molecule has 0 bridgehead atoms. The van der Waals surface area contributed by atoms with Crippen molar-refractivity contribution in [2.24, 2.45) is 0 Å². The molecule has 0 radical (unpaired) electrons. The number of allylic oxidation sites excluding steroid dienone is 2. The molecule has 0 amide bonds. The SMILES string of the molecule is CC(=O)OC(=CCc1ccc(C)cc1)C(F)(F)F. The Morgan fingerprint density at radius 2 is 1.83 bits per heavy atom. The summed E-state index contributed by atoms with van der Waals surface area (Å²) in [6, 6.07) is 7.08. The molecule has 1 rings (SSSR count). The van der Waals surface area contributed by atoms with Gasteiger partial charge < -0.3 is 4.74 Å². The third-order valence-corrected chi connectivity index (χ3v) is 2.18. The van der Waals surface area contributed by atoms with E-state index in [4.69, 9.17) is 0 Å². The van der Waals surface area contributed by atoms with Gasteiger partial charge in [0.25, 0.3) is 0 Å². The molecule has 18 heavy (non-hydrogen) atoms. The summed E-state index contributed by atoms with van der Waals surface area (Å²) in [6.45, 7) is 2.82. The molecule has 0 aliphatic rings. The van der Waals surface area contributed by atoms with Crippen LogP contribution in [0.4, 0.5) is 13.2 Å². The summed E-state index contributed by atoms with van der Waals surface area (Å²) in [5.74, 6) is -2.25. The van der Waals surface area contributed by atoms with Crippen LogP contribution in [0.15, 0.2) is 36.1 Å². The highest BCUT2D eigenvalue weighted by atomic mass is 19.4. The van der Waals surface area contributed by atoms with Crippen LogP contribution in [0, 0.1) is 6.92 Å². The average Bonchev–Trinajstić information content (AvgIpc) is 2.24. The number of rotatable bonds is 3. The largest absolute Gasteiger partial charge is 0.449 e. The molecule has 0 heterocycles. The Morgan fingerprint density at radius 1 is 1.28 bits per heavy atom. The Balaban J connectivity index is 2.83. The fourth-order valence-corrected chi connectivity index (χ4v) is 1.30. The van der Waals surface area contributed by atoms with Crippen molar-refractivity contribution in [2.75, 3.05) is 0 Å². The molecule has 1 aromatic rings. The lowest BCUT2D eigenvalue weighted by Crippen LogP contribution is -2.17. The van der Waals surface area contributed by atoms with Crippen molar-refractivity contribution in [3.05, 3.63) is 47.2 Å². The number of aryl methyl sites for hydroxylation is 1. The van der Waals surface area contributed by atoms with Crippen LogP contribution in [-0.4, -0.2) is 12.1 Å². The summed E-state index contributed by atoms with van der Waals surface area (Å²) < 4.78 is 41.7. The van der Waals surface area contributed by atoms with E-state index in [0.717, 1.165) is 24.1 Å². The van der Waals surface area contributed by atoms with Crippen LogP contribution in [0.1, 0.15) is 18.1 Å². The molecule has 0 saturated heterocycles. The maximum atomic E-state index is 12.5. The molecule has 0 aliphatic carbocycles. The van der Waals surface area contributed by atoms with Gasteiger partial charge in [-0.25, -0.2) is 0 Å². The van der Waals surface area contributed by atoms with Gasteiger partial charge in [0.1, 0.15) is 0 Å². The number of carbonyl (C=O) groups is 1. The second kappa shape index (κ2) is 5.71. The first-order valence-electron chi connectivity index (χ1n) is 5.30. The van der Waals surface area contributed by atoms with Crippen molar-refractivity contribution in [3.63, 3.8) is 0 Å². The third-order valence-electron chi connectivity index (χ3n) is 2.18. The molecule has 2 nitrogen and oxygen atoms in total. The monoisotopic (exact) mass is 258 g/mol. The molecule has 5 heteroatoms. The van der Waals surface area contributed by atoms with Crippen molar-refractivity contribution < 1.29 is 22.7 Å². The Bertz CT molecular complexity index is 444. The van der Waals surface area contributed by atoms with Crippen LogP contribution < -0.4 is 0 Å². The van der Waals surface area contributed by atoms with Gasteiger partial charge in [-0.1, -0.05) is 29.8 Å². The van der Waals surface area contributed by atoms with E-state index in [1.807, 2.05) is 19.1 Å². The van der Waals surface area contributed by atoms with Gasteiger partial charge in [0.05, 0.1) is 0 Å². The molecule has 98 valence electrons. The van der Waals surface area contributed by atoms with Gasteiger partial charge in [0.15, 0.2) is 0 Å². The highest BCUT2D eigenvalue weighted by Crippen LogP contribution is 2.27. The van der Waals surface area contributed by atoms with Gasteiger partial charge >= 0.3 is 12.1 Å². The van der Waals surface area contributed by atoms with E-state index in [2.05, 4.69) is 4.74 Å². The Hall–Kier alpha value is -1.78. The van der Waals surface area contributed by atoms with E-state index >= 15 is 0 Å². The normalized spacial score (nSPS) is 12.4. The maximum absolute atomic E-state index is 12.5. The number of alkyl halides is 3. The second-order valence-corrected chi connectivity index (χ2v) is 3.85. The van der Waals surface area contributed by atoms with Gasteiger partial charge in [-0.05, 0) is 25.0 Å². The molecule has 0 saturated carbocycles. The third kappa shape index (κ3) is 4.61. The Kier molecular flexibility index (Phi) is 4.53. The molecule has 0 N–H and O–H groups in total. The zero-order valence-corrected chi connectivity index (χ0v) is 10.0. The second-order valence-electron chi connectivity index (χ2n) is 3.85. The summed E-state index contributed by atoms with van der Waals surface area (Å²) in [5, 5.41) is 0. The molecule has 0 spiro atoms. The smallest absolute Gasteiger partial charge is 0.422 e. The van der Waals surface area contributed by atoms with Crippen molar-refractivity contribution in [1.29, 1.82) is 0 Å². The predicted octanol–water partition coefficient (Wildman–Crippen LogP) is 3.55. The van der Waals surface area contributed by atoms with Gasteiger partial charge in [-0.15, -0.1) is 0 Å². The van der Waals surface area contributed by atoms with Crippen LogP contribution in [0.3, 0.4) is 0 Å². The molecule has 0 fully saturated rings. The Labute approximate surface area is 103 Å². The van der Waals surface area contributed by atoms with Gasteiger partial charge in [0.2, 0.25) is 5.76 Å². The first-order chi connectivity index (χ1) is 8.29. The summed E-state index contributed by atoms with van der Waals surface area (Å²) in [5.41, 5.74) is 1.74. The highest BCUT2D eigenvalue weighted by molar-refractivity contribution is 5.67. The lowest BCUT2D eigenvalue weighted by molar-refractivity contribution is -0.158. The molecule has 0 aromatic heterocycles. The number of benzene rings is 1. The first-order valence-corrected chi connectivity index (χ1v) is 5.30. The topological polar surface area (TPSA) is 26.3 Å². The summed E-state index contributed by atoms with van der Waals surface area (Å²) in [7, 11) is 0. The maximum Gasteiger partial charge on any atom is 0.449 e. The van der Waals surface area contributed by atoms with Crippen molar-refractivity contribution >= 4 is 5.97 Å². The number of hydrogen-bond acceptors (Lipinski definition) is 2. The van der Waals surface area contributed by atoms with Crippen LogP contribution in [0.5, 0.6) is 0 Å². The molecule has 0 aliphatic heterocycles. The van der Waals surface area contributed by atoms with Crippen LogP contribution in [0.25, 0.3) is 0 Å². The molecular weight excluding hydrogens is 245 g/mol. The first kappa shape index (κ1) is 14.3. The fraction of sp³-hybridized carbons (Fsp3) is 0.308. The summed E-state index contributed by atoms with van der Waals surface area (Å²) in [6.07, 6.45) is -3.73. The molecular formula is C13H13F3O2. The highest BCUT2D eigenvalue weighted by Gasteiger charge is 2.36. The average molecular weight is 258 g/mol.